The van der Waals surface area contributed by atoms with Crippen LogP contribution in [-0.4, -0.2) is 25.5 Å². The number of benzene rings is 3. The van der Waals surface area contributed by atoms with E-state index in [-0.39, 0.29) is 23.7 Å². The topological polar surface area (TPSA) is 88.8 Å². The van der Waals surface area contributed by atoms with Crippen LogP contribution in [0.1, 0.15) is 24.5 Å². The molecule has 37 heavy (non-hydrogen) atoms. The van der Waals surface area contributed by atoms with Gasteiger partial charge in [0.05, 0.1) is 18.4 Å². The zero-order valence-corrected chi connectivity index (χ0v) is 21.0. The molecule has 1 N–H and O–H groups in total. The molecule has 1 atom stereocenters. The number of fused-ring (bicyclic) bond motifs is 1. The normalized spacial score (nSPS) is 15.3. The van der Waals surface area contributed by atoms with Gasteiger partial charge in [-0.1, -0.05) is 25.1 Å². The number of para-hydroxylation sites is 1. The molecular formula is C30H28N2O5. The summed E-state index contributed by atoms with van der Waals surface area (Å²) < 4.78 is 11.1. The minimum absolute atomic E-state index is 0.0385. The third-order valence-electron chi connectivity index (χ3n) is 6.84. The molecule has 1 aromatic heterocycles. The lowest BCUT2D eigenvalue weighted by Gasteiger charge is -2.22. The van der Waals surface area contributed by atoms with Crippen molar-refractivity contribution in [3.05, 3.63) is 88.1 Å². The molecule has 0 bridgehead atoms. The van der Waals surface area contributed by atoms with Crippen LogP contribution < -0.4 is 20.4 Å². The van der Waals surface area contributed by atoms with Crippen molar-refractivity contribution < 1.29 is 18.7 Å². The summed E-state index contributed by atoms with van der Waals surface area (Å²) >= 11 is 0. The highest BCUT2D eigenvalue weighted by Crippen LogP contribution is 2.32. The van der Waals surface area contributed by atoms with Crippen molar-refractivity contribution in [1.29, 1.82) is 0 Å². The van der Waals surface area contributed by atoms with E-state index in [1.165, 1.54) is 6.07 Å². The van der Waals surface area contributed by atoms with Crippen molar-refractivity contribution in [3.8, 4) is 17.1 Å². The van der Waals surface area contributed by atoms with E-state index in [9.17, 15) is 14.4 Å². The molecule has 188 valence electrons. The van der Waals surface area contributed by atoms with E-state index in [2.05, 4.69) is 12.2 Å². The highest BCUT2D eigenvalue weighted by Gasteiger charge is 2.36. The Morgan fingerprint density at radius 2 is 1.86 bits per heavy atom. The van der Waals surface area contributed by atoms with Crippen molar-refractivity contribution in [2.45, 2.75) is 26.7 Å². The van der Waals surface area contributed by atoms with Crippen LogP contribution in [0, 0.1) is 12.8 Å². The lowest BCUT2D eigenvalue weighted by Crippen LogP contribution is -2.29. The van der Waals surface area contributed by atoms with Crippen LogP contribution in [0.25, 0.3) is 22.3 Å². The molecule has 0 spiro atoms. The van der Waals surface area contributed by atoms with E-state index in [1.807, 2.05) is 25.1 Å². The van der Waals surface area contributed by atoms with E-state index in [4.69, 9.17) is 9.15 Å². The van der Waals surface area contributed by atoms with Crippen molar-refractivity contribution in [3.63, 3.8) is 0 Å². The maximum absolute atomic E-state index is 13.0. The van der Waals surface area contributed by atoms with Gasteiger partial charge in [-0.15, -0.1) is 0 Å². The summed E-state index contributed by atoms with van der Waals surface area (Å²) in [4.78, 5) is 40.2. The Hall–Kier alpha value is -4.39. The average molecular weight is 497 g/mol. The van der Waals surface area contributed by atoms with E-state index < -0.39 is 5.92 Å². The van der Waals surface area contributed by atoms with Crippen LogP contribution in [0.4, 0.5) is 11.4 Å². The number of hydrogen-bond donors (Lipinski definition) is 1. The molecule has 1 aliphatic rings. The van der Waals surface area contributed by atoms with Crippen molar-refractivity contribution in [2.75, 3.05) is 23.9 Å². The fraction of sp³-hybridized carbons (Fsp3) is 0.233. The molecule has 1 saturated heterocycles. The minimum Gasteiger partial charge on any atom is -0.497 e. The summed E-state index contributed by atoms with van der Waals surface area (Å²) in [6, 6.07) is 19.7. The molecular weight excluding hydrogens is 468 g/mol. The largest absolute Gasteiger partial charge is 0.497 e. The van der Waals surface area contributed by atoms with Crippen molar-refractivity contribution >= 4 is 34.2 Å². The van der Waals surface area contributed by atoms with Gasteiger partial charge < -0.3 is 19.4 Å². The lowest BCUT2D eigenvalue weighted by atomic mass is 10.0. The Balaban J connectivity index is 1.30. The Morgan fingerprint density at radius 1 is 1.08 bits per heavy atom. The molecule has 1 unspecified atom stereocenters. The van der Waals surface area contributed by atoms with E-state index in [0.29, 0.717) is 40.3 Å². The molecule has 1 fully saturated rings. The van der Waals surface area contributed by atoms with Crippen molar-refractivity contribution in [1.82, 2.24) is 0 Å². The number of nitrogens with one attached hydrogen (secondary N) is 1. The molecule has 7 nitrogen and oxygen atoms in total. The van der Waals surface area contributed by atoms with E-state index in [1.54, 1.807) is 54.5 Å². The third kappa shape index (κ3) is 4.72. The predicted octanol–water partition coefficient (Wildman–Crippen LogP) is 5.33. The molecule has 5 rings (SSSR count). The smallest absolute Gasteiger partial charge is 0.229 e. The quantitative estimate of drug-likeness (QED) is 0.390. The van der Waals surface area contributed by atoms with Gasteiger partial charge in [0.15, 0.2) is 5.43 Å². The van der Waals surface area contributed by atoms with Gasteiger partial charge in [-0.25, -0.2) is 0 Å². The number of hydrogen-bond acceptors (Lipinski definition) is 5. The molecule has 0 aliphatic carbocycles. The SMILES string of the molecule is CCc1cccc(C)c1N1CC(C(=O)Nc2ccc(-c3cc(=O)c4cc(OC)ccc4o3)cc2)CC1=O. The van der Waals surface area contributed by atoms with E-state index >= 15 is 0 Å². The number of methoxy groups -OCH3 is 1. The number of rotatable bonds is 6. The Labute approximate surface area is 214 Å². The summed E-state index contributed by atoms with van der Waals surface area (Å²) in [5.74, 6) is 0.351. The number of ether oxygens (including phenoxy) is 1. The molecule has 3 aromatic carbocycles. The summed E-state index contributed by atoms with van der Waals surface area (Å²) in [5, 5.41) is 3.38. The van der Waals surface area contributed by atoms with Gasteiger partial charge in [-0.3, -0.25) is 14.4 Å². The highest BCUT2D eigenvalue weighted by molar-refractivity contribution is 6.04. The van der Waals surface area contributed by atoms with Crippen LogP contribution in [0.15, 0.2) is 75.9 Å². The van der Waals surface area contributed by atoms with Gasteiger partial charge in [0, 0.05) is 36.0 Å². The number of carbonyl (C=O) groups excluding carboxylic acids is 2. The molecule has 0 saturated carbocycles. The monoisotopic (exact) mass is 496 g/mol. The molecule has 2 heterocycles. The standard InChI is InChI=1S/C30H28N2O5/c1-4-19-7-5-6-18(2)29(19)32-17-21(14-28(32)34)30(35)31-22-10-8-20(9-11-22)27-16-25(33)24-15-23(36-3)12-13-26(24)37-27/h5-13,15-16,21H,4,14,17H2,1-3H3,(H,31,35). The Morgan fingerprint density at radius 3 is 2.59 bits per heavy atom. The van der Waals surface area contributed by atoms with Gasteiger partial charge in [-0.2, -0.15) is 0 Å². The van der Waals surface area contributed by atoms with Crippen LogP contribution in [0.3, 0.4) is 0 Å². The zero-order valence-electron chi connectivity index (χ0n) is 21.0. The summed E-state index contributed by atoms with van der Waals surface area (Å²) in [7, 11) is 1.55. The fourth-order valence-electron chi connectivity index (χ4n) is 4.86. The Bertz CT molecular complexity index is 1560. The molecule has 4 aromatic rings. The van der Waals surface area contributed by atoms with E-state index in [0.717, 1.165) is 23.2 Å². The van der Waals surface area contributed by atoms with Crippen molar-refractivity contribution in [2.24, 2.45) is 5.92 Å². The maximum atomic E-state index is 13.0. The molecule has 1 aliphatic heterocycles. The highest BCUT2D eigenvalue weighted by atomic mass is 16.5. The first-order chi connectivity index (χ1) is 17.9. The van der Waals surface area contributed by atoms with Crippen LogP contribution in [0.5, 0.6) is 5.75 Å². The van der Waals surface area contributed by atoms with Crippen LogP contribution >= 0.6 is 0 Å². The molecule has 2 amide bonds. The number of anilines is 2. The molecule has 7 heteroatoms. The van der Waals surface area contributed by atoms with Crippen LogP contribution in [-0.2, 0) is 16.0 Å². The summed E-state index contributed by atoms with van der Waals surface area (Å²) in [6.45, 7) is 4.41. The van der Waals surface area contributed by atoms with Crippen LogP contribution in [0.2, 0.25) is 0 Å². The second kappa shape index (κ2) is 9.93. The predicted molar refractivity (Wildman–Crippen MR) is 144 cm³/mol. The second-order valence-electron chi connectivity index (χ2n) is 9.25. The van der Waals surface area contributed by atoms with Gasteiger partial charge in [0.25, 0.3) is 0 Å². The number of nitrogens with zero attached hydrogens (tertiary/aromatic N) is 1. The first-order valence-corrected chi connectivity index (χ1v) is 12.3. The minimum atomic E-state index is -0.438. The number of carbonyl (C=O) groups is 2. The first kappa shape index (κ1) is 24.3. The summed E-state index contributed by atoms with van der Waals surface area (Å²) in [5.41, 5.74) is 4.68. The average Bonchev–Trinajstić information content (AvgIpc) is 3.29. The summed E-state index contributed by atoms with van der Waals surface area (Å²) in [6.07, 6.45) is 0.990. The van der Waals surface area contributed by atoms with Gasteiger partial charge >= 0.3 is 0 Å². The zero-order chi connectivity index (χ0) is 26.1. The molecule has 0 radical (unpaired) electrons. The first-order valence-electron chi connectivity index (χ1n) is 12.3. The third-order valence-corrected chi connectivity index (χ3v) is 6.84. The van der Waals surface area contributed by atoms with Gasteiger partial charge in [0.2, 0.25) is 11.8 Å². The number of aryl methyl sites for hydroxylation is 2. The Kier molecular flexibility index (Phi) is 6.53. The maximum Gasteiger partial charge on any atom is 0.229 e. The van der Waals surface area contributed by atoms with Gasteiger partial charge in [-0.05, 0) is 66.9 Å². The number of amides is 2. The van der Waals surface area contributed by atoms with Gasteiger partial charge in [0.1, 0.15) is 17.1 Å². The fourth-order valence-corrected chi connectivity index (χ4v) is 4.86. The second-order valence-corrected chi connectivity index (χ2v) is 9.25. The lowest BCUT2D eigenvalue weighted by molar-refractivity contribution is -0.122.